The van der Waals surface area contributed by atoms with E-state index in [1.165, 1.54) is 7.11 Å². The van der Waals surface area contributed by atoms with Crippen LogP contribution < -0.4 is 9.47 Å². The van der Waals surface area contributed by atoms with Crippen LogP contribution >= 0.6 is 0 Å². The topological polar surface area (TPSA) is 74.3 Å². The molecule has 154 valence electrons. The second kappa shape index (κ2) is 9.93. The van der Waals surface area contributed by atoms with Gasteiger partial charge in [-0.1, -0.05) is 30.3 Å². The highest BCUT2D eigenvalue weighted by molar-refractivity contribution is 5.93. The van der Waals surface area contributed by atoms with Crippen molar-refractivity contribution in [3.63, 3.8) is 0 Å². The highest BCUT2D eigenvalue weighted by Gasteiger charge is 2.31. The average molecular weight is 399 g/mol. The van der Waals surface area contributed by atoms with E-state index in [0.29, 0.717) is 50.0 Å². The van der Waals surface area contributed by atoms with Crippen LogP contribution in [0.15, 0.2) is 48.5 Å². The molecule has 1 aliphatic heterocycles. The van der Waals surface area contributed by atoms with Gasteiger partial charge in [0.1, 0.15) is 0 Å². The van der Waals surface area contributed by atoms with Gasteiger partial charge in [-0.15, -0.1) is 0 Å². The highest BCUT2D eigenvalue weighted by atomic mass is 16.5. The molecule has 1 fully saturated rings. The molecule has 1 aliphatic rings. The molecule has 0 saturated carbocycles. The Kier molecular flexibility index (Phi) is 7.08. The van der Waals surface area contributed by atoms with Crippen LogP contribution in [0.1, 0.15) is 28.9 Å². The number of carbonyl (C=O) groups is 2. The van der Waals surface area contributed by atoms with Gasteiger partial charge in [-0.25, -0.2) is 4.79 Å². The zero-order chi connectivity index (χ0) is 20.6. The van der Waals surface area contributed by atoms with Crippen LogP contribution in [-0.2, 0) is 14.3 Å². The number of hydrogen-bond donors (Lipinski definition) is 0. The molecule has 2 aromatic rings. The van der Waals surface area contributed by atoms with Crippen molar-refractivity contribution in [2.24, 2.45) is 0 Å². The normalized spacial score (nSPS) is 14.8. The van der Waals surface area contributed by atoms with E-state index in [-0.39, 0.29) is 11.5 Å². The molecule has 29 heavy (non-hydrogen) atoms. The Bertz CT molecular complexity index is 832. The van der Waals surface area contributed by atoms with Crippen molar-refractivity contribution in [1.82, 2.24) is 4.90 Å². The lowest BCUT2D eigenvalue weighted by atomic mass is 10.1. The number of esters is 1. The van der Waals surface area contributed by atoms with Gasteiger partial charge in [0.15, 0.2) is 11.5 Å². The summed E-state index contributed by atoms with van der Waals surface area (Å²) in [5.74, 6) is 0.100. The van der Waals surface area contributed by atoms with Crippen molar-refractivity contribution in [1.29, 1.82) is 0 Å². The van der Waals surface area contributed by atoms with Gasteiger partial charge in [-0.2, -0.15) is 0 Å². The predicted octanol–water partition coefficient (Wildman–Crippen LogP) is 2.85. The quantitative estimate of drug-likeness (QED) is 0.667. The summed E-state index contributed by atoms with van der Waals surface area (Å²) in [7, 11) is 1.53. The summed E-state index contributed by atoms with van der Waals surface area (Å²) in [6.45, 7) is 4.15. The van der Waals surface area contributed by atoms with Gasteiger partial charge in [-0.05, 0) is 25.1 Å². The first-order valence-electron chi connectivity index (χ1n) is 9.57. The molecule has 0 aromatic heterocycles. The van der Waals surface area contributed by atoms with E-state index in [1.54, 1.807) is 35.2 Å². The van der Waals surface area contributed by atoms with E-state index in [9.17, 15) is 9.59 Å². The fourth-order valence-corrected chi connectivity index (χ4v) is 3.09. The molecule has 0 N–H and O–H groups in total. The number of carbonyl (C=O) groups excluding carboxylic acids is 2. The number of ether oxygens (including phenoxy) is 4. The molecule has 0 aliphatic carbocycles. The molecule has 1 atom stereocenters. The van der Waals surface area contributed by atoms with E-state index in [4.69, 9.17) is 18.9 Å². The minimum Gasteiger partial charge on any atom is -0.493 e. The Hall–Kier alpha value is -3.06. The highest BCUT2D eigenvalue weighted by Crippen LogP contribution is 2.29. The summed E-state index contributed by atoms with van der Waals surface area (Å²) in [6.07, 6.45) is -1.03. The minimum absolute atomic E-state index is 0.258. The molecule has 0 radical (unpaired) electrons. The van der Waals surface area contributed by atoms with Crippen molar-refractivity contribution in [3.8, 4) is 11.5 Å². The number of rotatable bonds is 7. The maximum absolute atomic E-state index is 13.1. The first-order valence-corrected chi connectivity index (χ1v) is 9.57. The molecule has 7 heteroatoms. The van der Waals surface area contributed by atoms with Gasteiger partial charge in [0.2, 0.25) is 6.10 Å². The van der Waals surface area contributed by atoms with Crippen molar-refractivity contribution in [2.45, 2.75) is 13.0 Å². The first-order chi connectivity index (χ1) is 14.1. The minimum atomic E-state index is -1.03. The van der Waals surface area contributed by atoms with Gasteiger partial charge >= 0.3 is 5.97 Å². The van der Waals surface area contributed by atoms with Crippen LogP contribution in [0, 0.1) is 0 Å². The third-order valence-electron chi connectivity index (χ3n) is 4.57. The molecular formula is C22H25NO6. The molecule has 7 nitrogen and oxygen atoms in total. The molecular weight excluding hydrogens is 374 g/mol. The summed E-state index contributed by atoms with van der Waals surface area (Å²) in [4.78, 5) is 27.6. The number of nitrogens with zero attached hydrogens (tertiary/aromatic N) is 1. The Morgan fingerprint density at radius 3 is 2.45 bits per heavy atom. The van der Waals surface area contributed by atoms with Crippen LogP contribution in [0.25, 0.3) is 0 Å². The fourth-order valence-electron chi connectivity index (χ4n) is 3.09. The molecule has 1 amide bonds. The van der Waals surface area contributed by atoms with Crippen molar-refractivity contribution in [3.05, 3.63) is 59.7 Å². The molecule has 0 unspecified atom stereocenters. The molecule has 1 heterocycles. The summed E-state index contributed by atoms with van der Waals surface area (Å²) in [5.41, 5.74) is 0.904. The third kappa shape index (κ3) is 5.06. The van der Waals surface area contributed by atoms with E-state index < -0.39 is 12.1 Å². The second-order valence-electron chi connectivity index (χ2n) is 6.43. The molecule has 0 spiro atoms. The van der Waals surface area contributed by atoms with Gasteiger partial charge in [-0.3, -0.25) is 4.79 Å². The number of amides is 1. The maximum Gasteiger partial charge on any atom is 0.339 e. The zero-order valence-corrected chi connectivity index (χ0v) is 16.6. The summed E-state index contributed by atoms with van der Waals surface area (Å²) in [5, 5.41) is 0. The summed E-state index contributed by atoms with van der Waals surface area (Å²) in [6, 6.07) is 13.8. The number of morpholine rings is 1. The summed E-state index contributed by atoms with van der Waals surface area (Å²) >= 11 is 0. The lowest BCUT2D eigenvalue weighted by Gasteiger charge is -2.30. The van der Waals surface area contributed by atoms with Crippen LogP contribution in [0.5, 0.6) is 11.5 Å². The van der Waals surface area contributed by atoms with E-state index in [1.807, 2.05) is 25.1 Å². The van der Waals surface area contributed by atoms with Gasteiger partial charge in [0, 0.05) is 18.7 Å². The maximum atomic E-state index is 13.1. The standard InChI is InChI=1S/C22H25NO6/c1-3-28-19-15-17(9-10-18(19)26-2)22(25)29-20(16-7-5-4-6-8-16)21(24)23-11-13-27-14-12-23/h4-10,15,20H,3,11-14H2,1-2H3/t20-/m0/s1. The number of hydrogen-bond acceptors (Lipinski definition) is 6. The SMILES string of the molecule is CCOc1cc(C(=O)O[C@H](C(=O)N2CCOCC2)c2ccccc2)ccc1OC. The van der Waals surface area contributed by atoms with Gasteiger partial charge in [0.05, 0.1) is 32.5 Å². The van der Waals surface area contributed by atoms with Crippen LogP contribution in [-0.4, -0.2) is 56.8 Å². The van der Waals surface area contributed by atoms with Crippen LogP contribution in [0.3, 0.4) is 0 Å². The van der Waals surface area contributed by atoms with Crippen molar-refractivity contribution in [2.75, 3.05) is 40.0 Å². The number of methoxy groups -OCH3 is 1. The zero-order valence-electron chi connectivity index (χ0n) is 16.6. The Morgan fingerprint density at radius 2 is 1.79 bits per heavy atom. The molecule has 1 saturated heterocycles. The Balaban J connectivity index is 1.84. The third-order valence-corrected chi connectivity index (χ3v) is 4.57. The fraction of sp³-hybridized carbons (Fsp3) is 0.364. The lowest BCUT2D eigenvalue weighted by molar-refractivity contribution is -0.145. The monoisotopic (exact) mass is 399 g/mol. The Labute approximate surface area is 170 Å². The largest absolute Gasteiger partial charge is 0.493 e. The molecule has 2 aromatic carbocycles. The average Bonchev–Trinajstić information content (AvgIpc) is 2.78. The molecule has 3 rings (SSSR count). The van der Waals surface area contributed by atoms with E-state index >= 15 is 0 Å². The van der Waals surface area contributed by atoms with Crippen molar-refractivity contribution < 1.29 is 28.5 Å². The lowest BCUT2D eigenvalue weighted by Crippen LogP contribution is -2.44. The van der Waals surface area contributed by atoms with E-state index in [2.05, 4.69) is 0 Å². The van der Waals surface area contributed by atoms with Gasteiger partial charge < -0.3 is 23.8 Å². The summed E-state index contributed by atoms with van der Waals surface area (Å²) < 4.78 is 21.8. The van der Waals surface area contributed by atoms with E-state index in [0.717, 1.165) is 0 Å². The van der Waals surface area contributed by atoms with Crippen LogP contribution in [0.2, 0.25) is 0 Å². The molecule has 0 bridgehead atoms. The van der Waals surface area contributed by atoms with Crippen LogP contribution in [0.4, 0.5) is 0 Å². The second-order valence-corrected chi connectivity index (χ2v) is 6.43. The predicted molar refractivity (Wildman–Crippen MR) is 106 cm³/mol. The van der Waals surface area contributed by atoms with Gasteiger partial charge in [0.25, 0.3) is 5.91 Å². The first kappa shape index (κ1) is 20.7. The Morgan fingerprint density at radius 1 is 1.07 bits per heavy atom. The van der Waals surface area contributed by atoms with Crippen molar-refractivity contribution >= 4 is 11.9 Å². The smallest absolute Gasteiger partial charge is 0.339 e. The number of benzene rings is 2.